The van der Waals surface area contributed by atoms with Gasteiger partial charge in [-0.15, -0.1) is 11.3 Å². The molecule has 1 aromatic heterocycles. The summed E-state index contributed by atoms with van der Waals surface area (Å²) in [5.41, 5.74) is 3.62. The van der Waals surface area contributed by atoms with Gasteiger partial charge in [-0.3, -0.25) is 0 Å². The van der Waals surface area contributed by atoms with Crippen LogP contribution in [0.4, 0.5) is 11.4 Å². The van der Waals surface area contributed by atoms with Crippen LogP contribution in [0.2, 0.25) is 0 Å². The number of aromatic nitrogens is 1. The van der Waals surface area contributed by atoms with Gasteiger partial charge in [0.25, 0.3) is 0 Å². The topological polar surface area (TPSA) is 28.2 Å². The van der Waals surface area contributed by atoms with Gasteiger partial charge in [0.1, 0.15) is 5.01 Å². The molecule has 0 spiro atoms. The fourth-order valence-electron chi connectivity index (χ4n) is 2.60. The van der Waals surface area contributed by atoms with Crippen LogP contribution in [0.25, 0.3) is 0 Å². The van der Waals surface area contributed by atoms with Crippen molar-refractivity contribution >= 4 is 22.7 Å². The van der Waals surface area contributed by atoms with Crippen LogP contribution in [0.1, 0.15) is 30.0 Å². The Labute approximate surface area is 124 Å². The number of anilines is 2. The van der Waals surface area contributed by atoms with E-state index in [1.165, 1.54) is 43.7 Å². The van der Waals surface area contributed by atoms with Crippen LogP contribution in [0.5, 0.6) is 0 Å². The molecular weight excluding hydrogens is 266 g/mol. The Morgan fingerprint density at radius 2 is 1.90 bits per heavy atom. The number of aryl methyl sites for hydroxylation is 1. The molecule has 20 heavy (non-hydrogen) atoms. The van der Waals surface area contributed by atoms with Crippen LogP contribution >= 0.6 is 11.3 Å². The van der Waals surface area contributed by atoms with E-state index >= 15 is 0 Å². The molecule has 0 aliphatic carbocycles. The summed E-state index contributed by atoms with van der Waals surface area (Å²) in [6, 6.07) is 8.79. The fourth-order valence-corrected chi connectivity index (χ4v) is 3.32. The van der Waals surface area contributed by atoms with E-state index in [2.05, 4.69) is 44.8 Å². The molecule has 0 atom stereocenters. The smallest absolute Gasteiger partial charge is 0.112 e. The maximum Gasteiger partial charge on any atom is 0.112 e. The Morgan fingerprint density at radius 3 is 2.55 bits per heavy atom. The van der Waals surface area contributed by atoms with Gasteiger partial charge in [0, 0.05) is 35.5 Å². The molecule has 1 N–H and O–H groups in total. The van der Waals surface area contributed by atoms with Crippen LogP contribution in [0, 0.1) is 6.92 Å². The summed E-state index contributed by atoms with van der Waals surface area (Å²) in [5, 5.41) is 6.67. The Bertz CT molecular complexity index is 541. The second-order valence-electron chi connectivity index (χ2n) is 5.33. The molecule has 1 fully saturated rings. The van der Waals surface area contributed by atoms with E-state index in [0.29, 0.717) is 0 Å². The highest BCUT2D eigenvalue weighted by Crippen LogP contribution is 2.22. The van der Waals surface area contributed by atoms with E-state index in [1.54, 1.807) is 11.3 Å². The maximum absolute atomic E-state index is 4.46. The van der Waals surface area contributed by atoms with Gasteiger partial charge in [0.15, 0.2) is 0 Å². The summed E-state index contributed by atoms with van der Waals surface area (Å²) in [5.74, 6) is 0. The Balaban J connectivity index is 1.58. The highest BCUT2D eigenvalue weighted by Gasteiger charge is 2.10. The standard InChI is InChI=1S/C16H21N3S/c1-13-12-20-16(18-13)11-17-14-5-7-15(8-6-14)19-9-3-2-4-10-19/h5-8,12,17H,2-4,9-11H2,1H3. The van der Waals surface area contributed by atoms with E-state index in [1.807, 2.05) is 6.92 Å². The van der Waals surface area contributed by atoms with Crippen molar-refractivity contribution in [2.75, 3.05) is 23.3 Å². The first-order valence-corrected chi connectivity index (χ1v) is 8.19. The Morgan fingerprint density at radius 1 is 1.15 bits per heavy atom. The number of thiazole rings is 1. The highest BCUT2D eigenvalue weighted by atomic mass is 32.1. The summed E-state index contributed by atoms with van der Waals surface area (Å²) in [6.07, 6.45) is 4.02. The first-order chi connectivity index (χ1) is 9.81. The third-order valence-electron chi connectivity index (χ3n) is 3.70. The molecule has 4 heteroatoms. The van der Waals surface area contributed by atoms with Crippen LogP contribution in [0.15, 0.2) is 29.6 Å². The quantitative estimate of drug-likeness (QED) is 0.919. The third-order valence-corrected chi connectivity index (χ3v) is 4.67. The Kier molecular flexibility index (Phi) is 4.21. The number of benzene rings is 1. The molecule has 2 heterocycles. The van der Waals surface area contributed by atoms with Crippen LogP contribution < -0.4 is 10.2 Å². The summed E-state index contributed by atoms with van der Waals surface area (Å²) < 4.78 is 0. The fraction of sp³-hybridized carbons (Fsp3) is 0.438. The molecule has 106 valence electrons. The lowest BCUT2D eigenvalue weighted by Crippen LogP contribution is -2.29. The summed E-state index contributed by atoms with van der Waals surface area (Å²) in [4.78, 5) is 6.95. The lowest BCUT2D eigenvalue weighted by atomic mass is 10.1. The lowest BCUT2D eigenvalue weighted by molar-refractivity contribution is 0.578. The predicted octanol–water partition coefficient (Wildman–Crippen LogP) is 4.05. The van der Waals surface area contributed by atoms with Crippen molar-refractivity contribution in [2.45, 2.75) is 32.7 Å². The van der Waals surface area contributed by atoms with Crippen molar-refractivity contribution in [3.63, 3.8) is 0 Å². The zero-order chi connectivity index (χ0) is 13.8. The zero-order valence-electron chi connectivity index (χ0n) is 11.9. The number of nitrogens with one attached hydrogen (secondary N) is 1. The number of hydrogen-bond donors (Lipinski definition) is 1. The molecule has 0 bridgehead atoms. The van der Waals surface area contributed by atoms with Gasteiger partial charge in [-0.2, -0.15) is 0 Å². The van der Waals surface area contributed by atoms with Gasteiger partial charge in [-0.25, -0.2) is 4.98 Å². The third kappa shape index (κ3) is 3.31. The molecule has 1 saturated heterocycles. The van der Waals surface area contributed by atoms with Gasteiger partial charge >= 0.3 is 0 Å². The second-order valence-corrected chi connectivity index (χ2v) is 6.27. The predicted molar refractivity (Wildman–Crippen MR) is 86.7 cm³/mol. The molecule has 3 rings (SSSR count). The summed E-state index contributed by atoms with van der Waals surface area (Å²) in [7, 11) is 0. The van der Waals surface area contributed by atoms with Crippen molar-refractivity contribution in [1.82, 2.24) is 4.98 Å². The van der Waals surface area contributed by atoms with Gasteiger partial charge in [0.05, 0.1) is 6.54 Å². The summed E-state index contributed by atoms with van der Waals surface area (Å²) >= 11 is 1.71. The molecule has 3 nitrogen and oxygen atoms in total. The number of nitrogens with zero attached hydrogens (tertiary/aromatic N) is 2. The molecule has 0 radical (unpaired) electrons. The van der Waals surface area contributed by atoms with Gasteiger partial charge in [0.2, 0.25) is 0 Å². The largest absolute Gasteiger partial charge is 0.379 e. The van der Waals surface area contributed by atoms with Crippen LogP contribution in [0.3, 0.4) is 0 Å². The highest BCUT2D eigenvalue weighted by molar-refractivity contribution is 7.09. The number of hydrogen-bond acceptors (Lipinski definition) is 4. The first-order valence-electron chi connectivity index (χ1n) is 7.31. The van der Waals surface area contributed by atoms with Crippen molar-refractivity contribution in [2.24, 2.45) is 0 Å². The maximum atomic E-state index is 4.46. The average molecular weight is 287 g/mol. The normalized spacial score (nSPS) is 15.3. The lowest BCUT2D eigenvalue weighted by Gasteiger charge is -2.28. The molecule has 0 saturated carbocycles. The van der Waals surface area contributed by atoms with Crippen molar-refractivity contribution in [1.29, 1.82) is 0 Å². The van der Waals surface area contributed by atoms with E-state index in [0.717, 1.165) is 17.2 Å². The molecule has 0 amide bonds. The van der Waals surface area contributed by atoms with E-state index in [9.17, 15) is 0 Å². The molecular formula is C16H21N3S. The minimum absolute atomic E-state index is 0.807. The zero-order valence-corrected chi connectivity index (χ0v) is 12.7. The summed E-state index contributed by atoms with van der Waals surface area (Å²) in [6.45, 7) is 5.24. The molecule has 1 aliphatic heterocycles. The molecule has 1 aromatic carbocycles. The van der Waals surface area contributed by atoms with Gasteiger partial charge in [-0.05, 0) is 50.5 Å². The Hall–Kier alpha value is -1.55. The minimum Gasteiger partial charge on any atom is -0.379 e. The van der Waals surface area contributed by atoms with E-state index < -0.39 is 0 Å². The van der Waals surface area contributed by atoms with Crippen molar-refractivity contribution < 1.29 is 0 Å². The van der Waals surface area contributed by atoms with E-state index in [-0.39, 0.29) is 0 Å². The van der Waals surface area contributed by atoms with Crippen LogP contribution in [-0.4, -0.2) is 18.1 Å². The van der Waals surface area contributed by atoms with Crippen molar-refractivity contribution in [3.05, 3.63) is 40.3 Å². The molecule has 2 aromatic rings. The SMILES string of the molecule is Cc1csc(CNc2ccc(N3CCCCC3)cc2)n1. The van der Waals surface area contributed by atoms with Crippen molar-refractivity contribution in [3.8, 4) is 0 Å². The van der Waals surface area contributed by atoms with Gasteiger partial charge < -0.3 is 10.2 Å². The minimum atomic E-state index is 0.807. The molecule has 0 unspecified atom stereocenters. The second kappa shape index (κ2) is 6.27. The average Bonchev–Trinajstić information content (AvgIpc) is 2.92. The van der Waals surface area contributed by atoms with E-state index in [4.69, 9.17) is 0 Å². The monoisotopic (exact) mass is 287 g/mol. The van der Waals surface area contributed by atoms with Gasteiger partial charge in [-0.1, -0.05) is 0 Å². The number of piperidine rings is 1. The number of rotatable bonds is 4. The van der Waals surface area contributed by atoms with Crippen LogP contribution in [-0.2, 0) is 6.54 Å². The first kappa shape index (κ1) is 13.4. The molecule has 1 aliphatic rings.